The Bertz CT molecular complexity index is 413. The second kappa shape index (κ2) is 11.6. The summed E-state index contributed by atoms with van der Waals surface area (Å²) in [7, 11) is -5.46. The van der Waals surface area contributed by atoms with Crippen LogP contribution in [0.25, 0.3) is 0 Å². The third kappa shape index (κ3) is 8.37. The highest BCUT2D eigenvalue weighted by atomic mass is 32.2. The van der Waals surface area contributed by atoms with Gasteiger partial charge < -0.3 is 22.8 Å². The van der Waals surface area contributed by atoms with Gasteiger partial charge in [-0.15, -0.1) is 0 Å². The van der Waals surface area contributed by atoms with Crippen LogP contribution in [0.1, 0.15) is 33.6 Å². The zero-order valence-corrected chi connectivity index (χ0v) is 16.9. The Morgan fingerprint density at radius 3 is 2.08 bits per heavy atom. The summed E-state index contributed by atoms with van der Waals surface area (Å²) in [6.07, 6.45) is 1.21. The van der Waals surface area contributed by atoms with E-state index in [4.69, 9.17) is 22.8 Å². The van der Waals surface area contributed by atoms with Crippen LogP contribution in [0.4, 0.5) is 0 Å². The predicted molar refractivity (Wildman–Crippen MR) is 93.9 cm³/mol. The molecule has 1 unspecified atom stereocenters. The zero-order chi connectivity index (χ0) is 17.9. The van der Waals surface area contributed by atoms with Crippen LogP contribution in [0, 0.1) is 0 Å². The van der Waals surface area contributed by atoms with Crippen molar-refractivity contribution in [3.63, 3.8) is 0 Å². The van der Waals surface area contributed by atoms with E-state index in [0.29, 0.717) is 46.1 Å². The summed E-state index contributed by atoms with van der Waals surface area (Å²) in [5, 5.41) is 0. The maximum Gasteiger partial charge on any atom is 0.501 e. The molecule has 1 heterocycles. The summed E-state index contributed by atoms with van der Waals surface area (Å²) in [6, 6.07) is 0.726. The van der Waals surface area contributed by atoms with E-state index >= 15 is 0 Å². The van der Waals surface area contributed by atoms with Crippen LogP contribution in [0.2, 0.25) is 6.04 Å². The lowest BCUT2D eigenvalue weighted by Gasteiger charge is -2.28. The minimum Gasteiger partial charge on any atom is -0.379 e. The van der Waals surface area contributed by atoms with Gasteiger partial charge in [0.15, 0.2) is 9.84 Å². The van der Waals surface area contributed by atoms with E-state index in [1.165, 1.54) is 0 Å². The van der Waals surface area contributed by atoms with Crippen molar-refractivity contribution in [1.29, 1.82) is 0 Å². The molecule has 9 heteroatoms. The fourth-order valence-electron chi connectivity index (χ4n) is 2.66. The van der Waals surface area contributed by atoms with E-state index in [1.54, 1.807) is 0 Å². The van der Waals surface area contributed by atoms with Gasteiger partial charge in [-0.2, -0.15) is 0 Å². The average molecular weight is 385 g/mol. The van der Waals surface area contributed by atoms with Gasteiger partial charge in [-0.3, -0.25) is 0 Å². The molecule has 1 aliphatic heterocycles. The Balaban J connectivity index is 2.14. The third-order valence-electron chi connectivity index (χ3n) is 3.64. The van der Waals surface area contributed by atoms with Gasteiger partial charge in [0, 0.05) is 32.5 Å². The molecule has 24 heavy (non-hydrogen) atoms. The van der Waals surface area contributed by atoms with E-state index in [9.17, 15) is 8.42 Å². The maximum atomic E-state index is 11.3. The maximum absolute atomic E-state index is 11.3. The second-order valence-electron chi connectivity index (χ2n) is 5.59. The molecule has 0 N–H and O–H groups in total. The summed E-state index contributed by atoms with van der Waals surface area (Å²) in [5.74, 6) is 0.371. The van der Waals surface area contributed by atoms with Gasteiger partial charge in [0.1, 0.15) is 0 Å². The predicted octanol–water partition coefficient (Wildman–Crippen LogP) is 1.65. The van der Waals surface area contributed by atoms with Crippen LogP contribution in [0.3, 0.4) is 0 Å². The van der Waals surface area contributed by atoms with Crippen molar-refractivity contribution in [1.82, 2.24) is 0 Å². The SMILES string of the molecule is CCO[Si](CCCOCCOC1CCS(=O)(=O)C1)(OCC)OCC. The zero-order valence-electron chi connectivity index (χ0n) is 15.1. The van der Waals surface area contributed by atoms with Gasteiger partial charge in [-0.25, -0.2) is 8.42 Å². The highest BCUT2D eigenvalue weighted by Gasteiger charge is 2.39. The summed E-state index contributed by atoms with van der Waals surface area (Å²) < 4.78 is 51.1. The summed E-state index contributed by atoms with van der Waals surface area (Å²) in [5.41, 5.74) is 0. The van der Waals surface area contributed by atoms with Crippen molar-refractivity contribution < 1.29 is 31.2 Å². The first-order valence-electron chi connectivity index (χ1n) is 8.78. The van der Waals surface area contributed by atoms with Crippen molar-refractivity contribution in [2.45, 2.75) is 45.8 Å². The summed E-state index contributed by atoms with van der Waals surface area (Å²) >= 11 is 0. The minimum atomic E-state index is -2.88. The Morgan fingerprint density at radius 1 is 0.958 bits per heavy atom. The lowest BCUT2D eigenvalue weighted by molar-refractivity contribution is 0.0138. The molecular formula is C15H32O7SSi. The van der Waals surface area contributed by atoms with Gasteiger partial charge in [-0.05, 0) is 33.6 Å². The van der Waals surface area contributed by atoms with Crippen LogP contribution >= 0.6 is 0 Å². The Morgan fingerprint density at radius 2 is 1.58 bits per heavy atom. The first kappa shape index (κ1) is 22.0. The quantitative estimate of drug-likeness (QED) is 0.333. The fourth-order valence-corrected chi connectivity index (χ4v) is 6.86. The fraction of sp³-hybridized carbons (Fsp3) is 1.00. The van der Waals surface area contributed by atoms with Crippen LogP contribution in [0.5, 0.6) is 0 Å². The molecule has 7 nitrogen and oxygen atoms in total. The van der Waals surface area contributed by atoms with Crippen molar-refractivity contribution in [2.75, 3.05) is 51.1 Å². The first-order chi connectivity index (χ1) is 11.5. The number of sulfone groups is 1. The third-order valence-corrected chi connectivity index (χ3v) is 8.53. The van der Waals surface area contributed by atoms with Crippen molar-refractivity contribution >= 4 is 18.6 Å². The Labute approximate surface area is 147 Å². The first-order valence-corrected chi connectivity index (χ1v) is 12.5. The van der Waals surface area contributed by atoms with Gasteiger partial charge in [0.25, 0.3) is 0 Å². The normalized spacial score (nSPS) is 20.5. The molecular weight excluding hydrogens is 352 g/mol. The molecule has 1 atom stereocenters. The number of hydrogen-bond donors (Lipinski definition) is 0. The van der Waals surface area contributed by atoms with Crippen LogP contribution in [-0.4, -0.2) is 74.5 Å². The molecule has 0 aromatic carbocycles. The van der Waals surface area contributed by atoms with E-state index in [-0.39, 0.29) is 17.6 Å². The molecule has 1 rings (SSSR count). The standard InChI is InChI=1S/C15H32O7SSi/c1-4-20-24(21-5-2,22-6-3)13-7-9-18-10-11-19-15-8-12-23(16,17)14-15/h15H,4-14H2,1-3H3. The number of hydrogen-bond acceptors (Lipinski definition) is 7. The van der Waals surface area contributed by atoms with Gasteiger partial charge in [0.2, 0.25) is 0 Å². The van der Waals surface area contributed by atoms with E-state index in [1.807, 2.05) is 20.8 Å². The second-order valence-corrected chi connectivity index (χ2v) is 10.6. The molecule has 144 valence electrons. The van der Waals surface area contributed by atoms with Crippen molar-refractivity contribution in [3.05, 3.63) is 0 Å². The summed E-state index contributed by atoms with van der Waals surface area (Å²) in [4.78, 5) is 0. The van der Waals surface area contributed by atoms with Crippen molar-refractivity contribution in [3.8, 4) is 0 Å². The molecule has 1 aliphatic rings. The Hall–Kier alpha value is -0.0331. The lowest BCUT2D eigenvalue weighted by Crippen LogP contribution is -2.46. The average Bonchev–Trinajstić information content (AvgIpc) is 2.86. The van der Waals surface area contributed by atoms with Crippen LogP contribution in [0.15, 0.2) is 0 Å². The molecule has 0 bridgehead atoms. The largest absolute Gasteiger partial charge is 0.501 e. The monoisotopic (exact) mass is 384 g/mol. The molecule has 0 saturated carbocycles. The molecule has 0 aromatic rings. The Kier molecular flexibility index (Phi) is 10.6. The van der Waals surface area contributed by atoms with E-state index in [2.05, 4.69) is 0 Å². The smallest absolute Gasteiger partial charge is 0.379 e. The van der Waals surface area contributed by atoms with Gasteiger partial charge in [0.05, 0.1) is 30.8 Å². The summed E-state index contributed by atoms with van der Waals surface area (Å²) in [6.45, 7) is 9.01. The number of rotatable bonds is 14. The topological polar surface area (TPSA) is 80.3 Å². The number of ether oxygens (including phenoxy) is 2. The molecule has 0 amide bonds. The molecule has 0 spiro atoms. The molecule has 1 fully saturated rings. The highest BCUT2D eigenvalue weighted by Crippen LogP contribution is 2.18. The molecule has 0 aliphatic carbocycles. The lowest BCUT2D eigenvalue weighted by atomic mass is 10.3. The van der Waals surface area contributed by atoms with Gasteiger partial charge >= 0.3 is 8.80 Å². The minimum absolute atomic E-state index is 0.137. The van der Waals surface area contributed by atoms with Crippen LogP contribution in [-0.2, 0) is 32.6 Å². The highest BCUT2D eigenvalue weighted by molar-refractivity contribution is 7.91. The van der Waals surface area contributed by atoms with Crippen LogP contribution < -0.4 is 0 Å². The molecule has 0 aromatic heterocycles. The van der Waals surface area contributed by atoms with E-state index in [0.717, 1.165) is 12.5 Å². The molecule has 0 radical (unpaired) electrons. The van der Waals surface area contributed by atoms with Gasteiger partial charge in [-0.1, -0.05) is 0 Å². The molecule has 1 saturated heterocycles. The van der Waals surface area contributed by atoms with E-state index < -0.39 is 18.6 Å². The van der Waals surface area contributed by atoms with Crippen molar-refractivity contribution in [2.24, 2.45) is 0 Å².